The number of aromatic nitrogens is 2. The fourth-order valence-corrected chi connectivity index (χ4v) is 1.72. The molecule has 1 aromatic heterocycles. The zero-order chi connectivity index (χ0) is 15.4. The summed E-state index contributed by atoms with van der Waals surface area (Å²) < 4.78 is 5.41. The third-order valence-corrected chi connectivity index (χ3v) is 2.65. The number of nitrogens with zero attached hydrogens (tertiary/aromatic N) is 4. The number of nitro groups is 1. The predicted octanol–water partition coefficient (Wildman–Crippen LogP) is 2.13. The van der Waals surface area contributed by atoms with Gasteiger partial charge in [-0.15, -0.1) is 0 Å². The summed E-state index contributed by atoms with van der Waals surface area (Å²) in [6.45, 7) is 1.46. The zero-order valence-electron chi connectivity index (χ0n) is 11.1. The van der Waals surface area contributed by atoms with Gasteiger partial charge < -0.3 is 10.5 Å². The molecule has 8 nitrogen and oxygen atoms in total. The third-order valence-electron chi connectivity index (χ3n) is 2.65. The van der Waals surface area contributed by atoms with E-state index in [-0.39, 0.29) is 29.6 Å². The minimum Gasteiger partial charge on any atom is -0.434 e. The minimum atomic E-state index is -0.617. The van der Waals surface area contributed by atoms with E-state index in [9.17, 15) is 10.1 Å². The lowest BCUT2D eigenvalue weighted by atomic mass is 10.2. The maximum atomic E-state index is 11.1. The maximum absolute atomic E-state index is 11.1. The highest BCUT2D eigenvalue weighted by Gasteiger charge is 2.23. The van der Waals surface area contributed by atoms with Crippen molar-refractivity contribution in [3.8, 4) is 17.7 Å². The second kappa shape index (κ2) is 5.83. The summed E-state index contributed by atoms with van der Waals surface area (Å²) in [7, 11) is 0. The zero-order valence-corrected chi connectivity index (χ0v) is 11.1. The molecule has 0 fully saturated rings. The molecule has 0 aliphatic heterocycles. The molecule has 106 valence electrons. The van der Waals surface area contributed by atoms with Crippen molar-refractivity contribution in [2.45, 2.75) is 13.3 Å². The Morgan fingerprint density at radius 1 is 1.38 bits per heavy atom. The molecule has 0 aliphatic rings. The molecule has 0 atom stereocenters. The molecule has 0 bridgehead atoms. The third kappa shape index (κ3) is 3.22. The second-order valence-corrected chi connectivity index (χ2v) is 4.16. The van der Waals surface area contributed by atoms with E-state index < -0.39 is 4.92 Å². The van der Waals surface area contributed by atoms with Gasteiger partial charge in [0.15, 0.2) is 0 Å². The number of hydrogen-bond acceptors (Lipinski definition) is 7. The molecule has 0 spiro atoms. The normalized spacial score (nSPS) is 9.90. The summed E-state index contributed by atoms with van der Waals surface area (Å²) in [6, 6.07) is 8.62. The van der Waals surface area contributed by atoms with Crippen molar-refractivity contribution in [2.24, 2.45) is 0 Å². The van der Waals surface area contributed by atoms with E-state index in [1.165, 1.54) is 6.92 Å². The van der Waals surface area contributed by atoms with Gasteiger partial charge in [-0.2, -0.15) is 10.2 Å². The van der Waals surface area contributed by atoms with Crippen LogP contribution in [0, 0.1) is 28.4 Å². The second-order valence-electron chi connectivity index (χ2n) is 4.16. The van der Waals surface area contributed by atoms with E-state index in [0.717, 1.165) is 5.56 Å². The van der Waals surface area contributed by atoms with Gasteiger partial charge in [0.25, 0.3) is 0 Å². The van der Waals surface area contributed by atoms with Gasteiger partial charge in [0.05, 0.1) is 17.4 Å². The highest BCUT2D eigenvalue weighted by Crippen LogP contribution is 2.31. The Bertz CT molecular complexity index is 722. The number of nitriles is 1. The Morgan fingerprint density at radius 3 is 2.62 bits per heavy atom. The van der Waals surface area contributed by atoms with Crippen LogP contribution >= 0.6 is 0 Å². The number of benzene rings is 1. The predicted molar refractivity (Wildman–Crippen MR) is 73.7 cm³/mol. The molecule has 2 aromatic rings. The first kappa shape index (κ1) is 14.2. The molecule has 8 heteroatoms. The Balaban J connectivity index is 2.35. The highest BCUT2D eigenvalue weighted by atomic mass is 16.6. The Labute approximate surface area is 120 Å². The lowest BCUT2D eigenvalue weighted by Gasteiger charge is -2.07. The average Bonchev–Trinajstić information content (AvgIpc) is 2.40. The highest BCUT2D eigenvalue weighted by molar-refractivity contribution is 5.49. The maximum Gasteiger partial charge on any atom is 0.352 e. The first-order chi connectivity index (χ1) is 10.0. The summed E-state index contributed by atoms with van der Waals surface area (Å²) in [4.78, 5) is 17.9. The van der Waals surface area contributed by atoms with E-state index in [2.05, 4.69) is 9.97 Å². The standard InChI is InChI=1S/C13H11N5O3/c1-8-11(18(19)20)12(17-13(15)16-8)21-10-4-2-9(3-5-10)6-7-14/h2-5H,6H2,1H3,(H2,15,16,17). The van der Waals surface area contributed by atoms with Gasteiger partial charge in [0.2, 0.25) is 5.95 Å². The summed E-state index contributed by atoms with van der Waals surface area (Å²) in [5, 5.41) is 19.6. The molecule has 0 saturated heterocycles. The first-order valence-corrected chi connectivity index (χ1v) is 5.93. The Kier molecular flexibility index (Phi) is 3.95. The molecule has 0 unspecified atom stereocenters. The molecular formula is C13H11N5O3. The fraction of sp³-hybridized carbons (Fsp3) is 0.154. The SMILES string of the molecule is Cc1nc(N)nc(Oc2ccc(CC#N)cc2)c1[N+](=O)[O-]. The van der Waals surface area contributed by atoms with E-state index in [0.29, 0.717) is 5.75 Å². The first-order valence-electron chi connectivity index (χ1n) is 5.93. The van der Waals surface area contributed by atoms with Gasteiger partial charge in [-0.3, -0.25) is 10.1 Å². The average molecular weight is 285 g/mol. The summed E-state index contributed by atoms with van der Waals surface area (Å²) >= 11 is 0. The lowest BCUT2D eigenvalue weighted by Crippen LogP contribution is -2.04. The van der Waals surface area contributed by atoms with Crippen LogP contribution in [0.15, 0.2) is 24.3 Å². The van der Waals surface area contributed by atoms with E-state index in [1.54, 1.807) is 24.3 Å². The van der Waals surface area contributed by atoms with Crippen LogP contribution < -0.4 is 10.5 Å². The van der Waals surface area contributed by atoms with Crippen molar-refractivity contribution in [3.63, 3.8) is 0 Å². The van der Waals surface area contributed by atoms with Crippen LogP contribution in [0.5, 0.6) is 11.6 Å². The van der Waals surface area contributed by atoms with Crippen LogP contribution in [0.1, 0.15) is 11.3 Å². The van der Waals surface area contributed by atoms with E-state index >= 15 is 0 Å². The Hall–Kier alpha value is -3.21. The summed E-state index contributed by atoms with van der Waals surface area (Å²) in [6.07, 6.45) is 0.278. The number of rotatable bonds is 4. The van der Waals surface area contributed by atoms with Gasteiger partial charge in [-0.1, -0.05) is 12.1 Å². The van der Waals surface area contributed by atoms with Gasteiger partial charge in [-0.05, 0) is 24.6 Å². The number of nitrogens with two attached hydrogens (primary N) is 1. The van der Waals surface area contributed by atoms with Crippen LogP contribution in [-0.2, 0) is 6.42 Å². The molecule has 0 aliphatic carbocycles. The quantitative estimate of drug-likeness (QED) is 0.672. The Morgan fingerprint density at radius 2 is 2.05 bits per heavy atom. The molecular weight excluding hydrogens is 274 g/mol. The largest absolute Gasteiger partial charge is 0.434 e. The van der Waals surface area contributed by atoms with Crippen molar-refractivity contribution in [2.75, 3.05) is 5.73 Å². The number of hydrogen-bond donors (Lipinski definition) is 1. The number of ether oxygens (including phenoxy) is 1. The van der Waals surface area contributed by atoms with E-state index in [1.807, 2.05) is 6.07 Å². The molecule has 0 amide bonds. The van der Waals surface area contributed by atoms with Gasteiger partial charge in [0.1, 0.15) is 11.4 Å². The molecule has 0 radical (unpaired) electrons. The monoisotopic (exact) mass is 285 g/mol. The van der Waals surface area contributed by atoms with Crippen LogP contribution in [0.25, 0.3) is 0 Å². The molecule has 1 aromatic carbocycles. The molecule has 0 saturated carbocycles. The molecule has 2 N–H and O–H groups in total. The lowest BCUT2D eigenvalue weighted by molar-refractivity contribution is -0.386. The van der Waals surface area contributed by atoms with Crippen LogP contribution in [0.2, 0.25) is 0 Å². The van der Waals surface area contributed by atoms with Crippen molar-refractivity contribution >= 4 is 11.6 Å². The molecule has 1 heterocycles. The fourth-order valence-electron chi connectivity index (χ4n) is 1.72. The summed E-state index contributed by atoms with van der Waals surface area (Å²) in [5.74, 6) is 0.0459. The minimum absolute atomic E-state index is 0.103. The van der Waals surface area contributed by atoms with Gasteiger partial charge >= 0.3 is 11.6 Å². The molecule has 21 heavy (non-hydrogen) atoms. The number of aryl methyl sites for hydroxylation is 1. The van der Waals surface area contributed by atoms with Crippen molar-refractivity contribution < 1.29 is 9.66 Å². The smallest absolute Gasteiger partial charge is 0.352 e. The topological polar surface area (TPSA) is 128 Å². The molecule has 2 rings (SSSR count). The van der Waals surface area contributed by atoms with Gasteiger partial charge in [-0.25, -0.2) is 4.98 Å². The number of nitrogen functional groups attached to an aromatic ring is 1. The van der Waals surface area contributed by atoms with E-state index in [4.69, 9.17) is 15.7 Å². The summed E-state index contributed by atoms with van der Waals surface area (Å²) in [5.41, 5.74) is 6.10. The van der Waals surface area contributed by atoms with Crippen LogP contribution in [0.3, 0.4) is 0 Å². The van der Waals surface area contributed by atoms with Crippen molar-refractivity contribution in [1.29, 1.82) is 5.26 Å². The van der Waals surface area contributed by atoms with Crippen LogP contribution in [-0.4, -0.2) is 14.9 Å². The van der Waals surface area contributed by atoms with Crippen molar-refractivity contribution in [3.05, 3.63) is 45.6 Å². The van der Waals surface area contributed by atoms with Gasteiger partial charge in [0, 0.05) is 0 Å². The van der Waals surface area contributed by atoms with Crippen LogP contribution in [0.4, 0.5) is 11.6 Å². The van der Waals surface area contributed by atoms with Crippen molar-refractivity contribution in [1.82, 2.24) is 9.97 Å². The number of anilines is 1.